The predicted octanol–water partition coefficient (Wildman–Crippen LogP) is 1.41. The summed E-state index contributed by atoms with van der Waals surface area (Å²) < 4.78 is 10.1. The van der Waals surface area contributed by atoms with Gasteiger partial charge in [-0.1, -0.05) is 0 Å². The van der Waals surface area contributed by atoms with Crippen molar-refractivity contribution >= 4 is 5.78 Å². The molecule has 0 unspecified atom stereocenters. The molecule has 0 radical (unpaired) electrons. The van der Waals surface area contributed by atoms with Gasteiger partial charge in [-0.05, 0) is 19.3 Å². The van der Waals surface area contributed by atoms with E-state index in [1.165, 1.54) is 0 Å². The first-order chi connectivity index (χ1) is 6.34. The molecule has 0 aromatic rings. The summed E-state index contributed by atoms with van der Waals surface area (Å²) in [6.07, 6.45) is 3.34. The molecule has 76 valence electrons. The molecule has 0 amide bonds. The smallest absolute Gasteiger partial charge is 0.136 e. The fourth-order valence-electron chi connectivity index (χ4n) is 1.61. The third kappa shape index (κ3) is 3.87. The number of rotatable bonds is 5. The molecule has 1 aliphatic heterocycles. The molecule has 3 nitrogen and oxygen atoms in total. The summed E-state index contributed by atoms with van der Waals surface area (Å²) in [6.45, 7) is 2.19. The molecule has 1 aliphatic rings. The van der Waals surface area contributed by atoms with E-state index in [2.05, 4.69) is 0 Å². The first kappa shape index (κ1) is 10.7. The highest BCUT2D eigenvalue weighted by molar-refractivity contribution is 5.81. The maximum atomic E-state index is 11.6. The Morgan fingerprint density at radius 3 is 2.77 bits per heavy atom. The fraction of sp³-hybridized carbons (Fsp3) is 0.900. The van der Waals surface area contributed by atoms with Gasteiger partial charge in [0.25, 0.3) is 0 Å². The molecule has 13 heavy (non-hydrogen) atoms. The molecular formula is C10H18O3. The second kappa shape index (κ2) is 6.11. The molecule has 0 spiro atoms. The molecule has 0 aromatic carbocycles. The zero-order valence-corrected chi connectivity index (χ0v) is 8.25. The number of carbonyl (C=O) groups excluding carboxylic acids is 1. The van der Waals surface area contributed by atoms with Crippen LogP contribution in [0.2, 0.25) is 0 Å². The van der Waals surface area contributed by atoms with Crippen LogP contribution in [0.3, 0.4) is 0 Å². The van der Waals surface area contributed by atoms with Gasteiger partial charge in [0.15, 0.2) is 0 Å². The molecule has 1 heterocycles. The van der Waals surface area contributed by atoms with Crippen molar-refractivity contribution in [1.29, 1.82) is 0 Å². The van der Waals surface area contributed by atoms with E-state index in [9.17, 15) is 4.79 Å². The SMILES string of the molecule is COCCCC(=O)C1CCOCC1. The van der Waals surface area contributed by atoms with Gasteiger partial charge in [-0.2, -0.15) is 0 Å². The van der Waals surface area contributed by atoms with E-state index in [4.69, 9.17) is 9.47 Å². The van der Waals surface area contributed by atoms with Crippen molar-refractivity contribution < 1.29 is 14.3 Å². The van der Waals surface area contributed by atoms with Crippen LogP contribution in [0.5, 0.6) is 0 Å². The summed E-state index contributed by atoms with van der Waals surface area (Å²) in [7, 11) is 1.67. The second-order valence-corrected chi connectivity index (χ2v) is 3.45. The Kier molecular flexibility index (Phi) is 5.01. The van der Waals surface area contributed by atoms with E-state index in [1.807, 2.05) is 0 Å². The van der Waals surface area contributed by atoms with Gasteiger partial charge in [0, 0.05) is 39.3 Å². The van der Waals surface area contributed by atoms with Crippen LogP contribution < -0.4 is 0 Å². The van der Waals surface area contributed by atoms with Crippen LogP contribution >= 0.6 is 0 Å². The summed E-state index contributed by atoms with van der Waals surface area (Å²) >= 11 is 0. The minimum atomic E-state index is 0.255. The first-order valence-electron chi connectivity index (χ1n) is 4.94. The van der Waals surface area contributed by atoms with Crippen molar-refractivity contribution in [2.75, 3.05) is 26.9 Å². The first-order valence-corrected chi connectivity index (χ1v) is 4.94. The Bertz CT molecular complexity index is 150. The lowest BCUT2D eigenvalue weighted by atomic mass is 9.93. The number of Topliss-reactive ketones (excluding diaryl/α,β-unsaturated/α-hetero) is 1. The van der Waals surface area contributed by atoms with Gasteiger partial charge < -0.3 is 9.47 Å². The zero-order chi connectivity index (χ0) is 9.52. The van der Waals surface area contributed by atoms with Gasteiger partial charge in [-0.3, -0.25) is 4.79 Å². The molecule has 0 N–H and O–H groups in total. The van der Waals surface area contributed by atoms with Crippen LogP contribution in [-0.2, 0) is 14.3 Å². The topological polar surface area (TPSA) is 35.5 Å². The Hall–Kier alpha value is -0.410. The number of carbonyl (C=O) groups is 1. The molecule has 0 bridgehead atoms. The van der Waals surface area contributed by atoms with Gasteiger partial charge >= 0.3 is 0 Å². The van der Waals surface area contributed by atoms with Gasteiger partial charge in [-0.15, -0.1) is 0 Å². The molecular weight excluding hydrogens is 168 g/mol. The number of ketones is 1. The standard InChI is InChI=1S/C10H18O3/c1-12-6-2-3-10(11)9-4-7-13-8-5-9/h9H,2-8H2,1H3. The van der Waals surface area contributed by atoms with Crippen molar-refractivity contribution in [3.05, 3.63) is 0 Å². The van der Waals surface area contributed by atoms with E-state index >= 15 is 0 Å². The Morgan fingerprint density at radius 2 is 2.15 bits per heavy atom. The average molecular weight is 186 g/mol. The highest BCUT2D eigenvalue weighted by Gasteiger charge is 2.20. The summed E-state index contributed by atoms with van der Waals surface area (Å²) in [4.78, 5) is 11.6. The molecule has 1 fully saturated rings. The Morgan fingerprint density at radius 1 is 1.46 bits per heavy atom. The van der Waals surface area contributed by atoms with E-state index < -0.39 is 0 Å². The second-order valence-electron chi connectivity index (χ2n) is 3.45. The molecule has 1 saturated heterocycles. The van der Waals surface area contributed by atoms with Crippen molar-refractivity contribution in [3.8, 4) is 0 Å². The lowest BCUT2D eigenvalue weighted by molar-refractivity contribution is -0.125. The third-order valence-electron chi connectivity index (χ3n) is 2.45. The number of ether oxygens (including phenoxy) is 2. The van der Waals surface area contributed by atoms with Crippen LogP contribution in [0.25, 0.3) is 0 Å². The van der Waals surface area contributed by atoms with Crippen molar-refractivity contribution in [2.45, 2.75) is 25.7 Å². The molecule has 0 aliphatic carbocycles. The monoisotopic (exact) mass is 186 g/mol. The quantitative estimate of drug-likeness (QED) is 0.609. The lowest BCUT2D eigenvalue weighted by Crippen LogP contribution is -2.23. The zero-order valence-electron chi connectivity index (χ0n) is 8.25. The van der Waals surface area contributed by atoms with E-state index in [0.717, 1.165) is 32.5 Å². The Balaban J connectivity index is 2.13. The van der Waals surface area contributed by atoms with Crippen LogP contribution in [-0.4, -0.2) is 32.7 Å². The maximum absolute atomic E-state index is 11.6. The van der Waals surface area contributed by atoms with E-state index in [0.29, 0.717) is 18.8 Å². The summed E-state index contributed by atoms with van der Waals surface area (Å²) in [5.74, 6) is 0.644. The lowest BCUT2D eigenvalue weighted by Gasteiger charge is -2.20. The molecule has 0 aromatic heterocycles. The van der Waals surface area contributed by atoms with E-state index in [1.54, 1.807) is 7.11 Å². The summed E-state index contributed by atoms with van der Waals surface area (Å²) in [5, 5.41) is 0. The van der Waals surface area contributed by atoms with Gasteiger partial charge in [-0.25, -0.2) is 0 Å². The van der Waals surface area contributed by atoms with Gasteiger partial charge in [0.2, 0.25) is 0 Å². The minimum Gasteiger partial charge on any atom is -0.385 e. The third-order valence-corrected chi connectivity index (χ3v) is 2.45. The van der Waals surface area contributed by atoms with Crippen LogP contribution in [0.4, 0.5) is 0 Å². The van der Waals surface area contributed by atoms with Crippen LogP contribution in [0, 0.1) is 5.92 Å². The molecule has 0 saturated carbocycles. The highest BCUT2D eigenvalue weighted by Crippen LogP contribution is 2.17. The molecule has 1 rings (SSSR count). The Labute approximate surface area is 79.4 Å². The van der Waals surface area contributed by atoms with E-state index in [-0.39, 0.29) is 5.92 Å². The largest absolute Gasteiger partial charge is 0.385 e. The van der Waals surface area contributed by atoms with Gasteiger partial charge in [0.1, 0.15) is 5.78 Å². The number of methoxy groups -OCH3 is 1. The highest BCUT2D eigenvalue weighted by atomic mass is 16.5. The molecule has 0 atom stereocenters. The normalized spacial score (nSPS) is 18.8. The van der Waals surface area contributed by atoms with Crippen molar-refractivity contribution in [2.24, 2.45) is 5.92 Å². The van der Waals surface area contributed by atoms with Crippen molar-refractivity contribution in [3.63, 3.8) is 0 Å². The number of hydrogen-bond donors (Lipinski definition) is 0. The molecule has 3 heteroatoms. The van der Waals surface area contributed by atoms with Gasteiger partial charge in [0.05, 0.1) is 0 Å². The summed E-state index contributed by atoms with van der Waals surface area (Å²) in [6, 6.07) is 0. The fourth-order valence-corrected chi connectivity index (χ4v) is 1.61. The van der Waals surface area contributed by atoms with Crippen molar-refractivity contribution in [1.82, 2.24) is 0 Å². The number of hydrogen-bond acceptors (Lipinski definition) is 3. The summed E-state index contributed by atoms with van der Waals surface area (Å²) in [5.41, 5.74) is 0. The van der Waals surface area contributed by atoms with Crippen LogP contribution in [0.15, 0.2) is 0 Å². The maximum Gasteiger partial charge on any atom is 0.136 e. The minimum absolute atomic E-state index is 0.255. The average Bonchev–Trinajstić information content (AvgIpc) is 2.19. The predicted molar refractivity (Wildman–Crippen MR) is 49.7 cm³/mol. The van der Waals surface area contributed by atoms with Crippen LogP contribution in [0.1, 0.15) is 25.7 Å².